The van der Waals surface area contributed by atoms with Gasteiger partial charge in [-0.15, -0.1) is 0 Å². The number of rotatable bonds is 7. The van der Waals surface area contributed by atoms with Crippen LogP contribution in [0.1, 0.15) is 35.2 Å². The van der Waals surface area contributed by atoms with E-state index in [0.29, 0.717) is 51.3 Å². The van der Waals surface area contributed by atoms with Gasteiger partial charge in [-0.2, -0.15) is 0 Å². The maximum absolute atomic E-state index is 13.8. The number of aliphatic hydroxyl groups is 1. The molecule has 2 aliphatic heterocycles. The molecule has 226 valence electrons. The number of hydrogen-bond acceptors (Lipinski definition) is 8. The second-order valence-electron chi connectivity index (χ2n) is 10.9. The van der Waals surface area contributed by atoms with E-state index < -0.39 is 17.7 Å². The number of fused-ring (bicyclic) bond motifs is 2. The number of Topliss-reactive ketones (excluding diaryl/α,β-unsaturated/α-hetero) is 1. The van der Waals surface area contributed by atoms with Crippen LogP contribution in [-0.4, -0.2) is 35.0 Å². The lowest BCUT2D eigenvalue weighted by molar-refractivity contribution is -0.132. The topological polar surface area (TPSA) is 98.2 Å². The first kappa shape index (κ1) is 28.9. The summed E-state index contributed by atoms with van der Waals surface area (Å²) in [4.78, 5) is 33.6. The molecule has 0 aliphatic carbocycles. The molecule has 1 fully saturated rings. The molecule has 1 amide bonds. The van der Waals surface area contributed by atoms with Crippen LogP contribution in [0.15, 0.2) is 90.5 Å². The minimum absolute atomic E-state index is 0.00519. The van der Waals surface area contributed by atoms with E-state index in [1.807, 2.05) is 37.3 Å². The Hall–Kier alpha value is -4.86. The van der Waals surface area contributed by atoms with Gasteiger partial charge in [-0.05, 0) is 72.1 Å². The number of anilines is 1. The summed E-state index contributed by atoms with van der Waals surface area (Å²) in [5, 5.41) is 12.6. The summed E-state index contributed by atoms with van der Waals surface area (Å²) in [5.41, 5.74) is 3.44. The number of aromatic nitrogens is 1. The van der Waals surface area contributed by atoms with Gasteiger partial charge in [0.05, 0.1) is 28.9 Å². The predicted octanol–water partition coefficient (Wildman–Crippen LogP) is 7.49. The van der Waals surface area contributed by atoms with E-state index in [1.165, 1.54) is 23.3 Å². The fourth-order valence-electron chi connectivity index (χ4n) is 5.77. The number of hydrogen-bond donors (Lipinski definition) is 1. The molecule has 1 saturated heterocycles. The molecular formula is C35H27ClN2O6S. The summed E-state index contributed by atoms with van der Waals surface area (Å²) in [5.74, 6) is -0.259. The summed E-state index contributed by atoms with van der Waals surface area (Å²) in [7, 11) is 1.52. The Balaban J connectivity index is 1.35. The van der Waals surface area contributed by atoms with Crippen molar-refractivity contribution in [2.75, 3.05) is 12.0 Å². The Bertz CT molecular complexity index is 2010. The van der Waals surface area contributed by atoms with Gasteiger partial charge in [0, 0.05) is 17.0 Å². The molecule has 4 aromatic carbocycles. The van der Waals surface area contributed by atoms with Crippen LogP contribution >= 0.6 is 22.9 Å². The standard InChI is InChI=1S/C35H27ClN2O6S/c1-19-14-23-15-22(9-12-26(23)44-19)32(39)30-31(21-8-13-27(28(16-21)42-2)43-18-20-6-4-3-5-7-20)38(34(41)33(30)40)35-37-25-11-10-24(36)17-29(25)45-35/h3-13,15-17,19,31,39H,14,18H2,1-2H3/b32-30-. The van der Waals surface area contributed by atoms with Gasteiger partial charge in [-0.3, -0.25) is 14.5 Å². The number of benzene rings is 4. The van der Waals surface area contributed by atoms with Crippen molar-refractivity contribution >= 4 is 55.7 Å². The van der Waals surface area contributed by atoms with Gasteiger partial charge in [-0.1, -0.05) is 59.3 Å². The zero-order chi connectivity index (χ0) is 31.2. The molecule has 2 atom stereocenters. The van der Waals surface area contributed by atoms with Crippen LogP contribution in [0.25, 0.3) is 16.0 Å². The van der Waals surface area contributed by atoms with Crippen molar-refractivity contribution in [1.82, 2.24) is 4.98 Å². The Labute approximate surface area is 268 Å². The van der Waals surface area contributed by atoms with E-state index in [2.05, 4.69) is 4.98 Å². The molecule has 45 heavy (non-hydrogen) atoms. The number of ketones is 1. The minimum Gasteiger partial charge on any atom is -0.507 e. The number of carbonyl (C=O) groups excluding carboxylic acids is 2. The molecule has 10 heteroatoms. The lowest BCUT2D eigenvalue weighted by Crippen LogP contribution is -2.29. The molecule has 8 nitrogen and oxygen atoms in total. The second-order valence-corrected chi connectivity index (χ2v) is 12.4. The molecule has 7 rings (SSSR count). The highest BCUT2D eigenvalue weighted by atomic mass is 35.5. The molecule has 0 bridgehead atoms. The highest BCUT2D eigenvalue weighted by Crippen LogP contribution is 2.46. The lowest BCUT2D eigenvalue weighted by Gasteiger charge is -2.24. The molecule has 0 radical (unpaired) electrons. The molecule has 1 N–H and O–H groups in total. The Morgan fingerprint density at radius 3 is 2.67 bits per heavy atom. The van der Waals surface area contributed by atoms with Gasteiger partial charge in [0.2, 0.25) is 0 Å². The minimum atomic E-state index is -0.999. The fraction of sp³-hybridized carbons (Fsp3) is 0.171. The van der Waals surface area contributed by atoms with Crippen LogP contribution in [-0.2, 0) is 22.6 Å². The van der Waals surface area contributed by atoms with Gasteiger partial charge in [-0.25, -0.2) is 4.98 Å². The van der Waals surface area contributed by atoms with Crippen LogP contribution in [0.4, 0.5) is 5.13 Å². The maximum Gasteiger partial charge on any atom is 0.301 e. The predicted molar refractivity (Wildman–Crippen MR) is 173 cm³/mol. The Morgan fingerprint density at radius 2 is 1.87 bits per heavy atom. The monoisotopic (exact) mass is 638 g/mol. The van der Waals surface area contributed by atoms with Crippen molar-refractivity contribution in [3.05, 3.63) is 118 Å². The molecule has 1 aromatic heterocycles. The van der Waals surface area contributed by atoms with Crippen LogP contribution < -0.4 is 19.1 Å². The van der Waals surface area contributed by atoms with E-state index >= 15 is 0 Å². The molecular weight excluding hydrogens is 612 g/mol. The van der Waals surface area contributed by atoms with Crippen molar-refractivity contribution in [2.24, 2.45) is 0 Å². The van der Waals surface area contributed by atoms with E-state index in [1.54, 1.807) is 54.6 Å². The number of ether oxygens (including phenoxy) is 3. The first-order valence-electron chi connectivity index (χ1n) is 14.3. The Morgan fingerprint density at radius 1 is 1.04 bits per heavy atom. The van der Waals surface area contributed by atoms with E-state index in [9.17, 15) is 14.7 Å². The van der Waals surface area contributed by atoms with Gasteiger partial charge < -0.3 is 19.3 Å². The van der Waals surface area contributed by atoms with E-state index in [0.717, 1.165) is 21.6 Å². The number of thiazole rings is 1. The lowest BCUT2D eigenvalue weighted by atomic mass is 9.94. The molecule has 0 spiro atoms. The third-order valence-electron chi connectivity index (χ3n) is 7.90. The van der Waals surface area contributed by atoms with Crippen molar-refractivity contribution in [3.63, 3.8) is 0 Å². The van der Waals surface area contributed by atoms with Crippen molar-refractivity contribution in [1.29, 1.82) is 0 Å². The first-order valence-corrected chi connectivity index (χ1v) is 15.5. The quantitative estimate of drug-likeness (QED) is 0.112. The van der Waals surface area contributed by atoms with Gasteiger partial charge in [0.25, 0.3) is 5.78 Å². The normalized spacial score (nSPS) is 18.7. The van der Waals surface area contributed by atoms with Gasteiger partial charge in [0.1, 0.15) is 24.2 Å². The molecule has 3 heterocycles. The van der Waals surface area contributed by atoms with Gasteiger partial charge in [0.15, 0.2) is 16.6 Å². The van der Waals surface area contributed by atoms with Crippen LogP contribution in [0, 0.1) is 0 Å². The maximum atomic E-state index is 13.8. The van der Waals surface area contributed by atoms with Crippen molar-refractivity contribution in [2.45, 2.75) is 32.1 Å². The summed E-state index contributed by atoms with van der Waals surface area (Å²) >= 11 is 7.47. The smallest absolute Gasteiger partial charge is 0.301 e. The van der Waals surface area contributed by atoms with Gasteiger partial charge >= 0.3 is 5.91 Å². The first-order chi connectivity index (χ1) is 21.8. The van der Waals surface area contributed by atoms with Crippen molar-refractivity contribution < 1.29 is 28.9 Å². The van der Waals surface area contributed by atoms with Crippen LogP contribution in [0.2, 0.25) is 5.02 Å². The van der Waals surface area contributed by atoms with Crippen LogP contribution in [0.3, 0.4) is 0 Å². The Kier molecular flexibility index (Phi) is 7.43. The number of halogens is 1. The number of aliphatic hydroxyl groups excluding tert-OH is 1. The summed E-state index contributed by atoms with van der Waals surface area (Å²) < 4.78 is 18.3. The van der Waals surface area contributed by atoms with E-state index in [4.69, 9.17) is 25.8 Å². The van der Waals surface area contributed by atoms with E-state index in [-0.39, 0.29) is 17.4 Å². The SMILES string of the molecule is COc1cc(C2/C(=C(/O)c3ccc4c(c3)CC(C)O4)C(=O)C(=O)N2c2nc3ccc(Cl)cc3s2)ccc1OCc1ccccc1. The largest absolute Gasteiger partial charge is 0.507 e. The zero-order valence-corrected chi connectivity index (χ0v) is 25.9. The summed E-state index contributed by atoms with van der Waals surface area (Å²) in [6.45, 7) is 2.29. The van der Waals surface area contributed by atoms with Crippen LogP contribution in [0.5, 0.6) is 17.2 Å². The summed E-state index contributed by atoms with van der Waals surface area (Å²) in [6.07, 6.45) is 0.676. The average molecular weight is 639 g/mol. The van der Waals surface area contributed by atoms with Crippen molar-refractivity contribution in [3.8, 4) is 17.2 Å². The third kappa shape index (κ3) is 5.28. The zero-order valence-electron chi connectivity index (χ0n) is 24.3. The molecule has 2 aliphatic rings. The second kappa shape index (κ2) is 11.6. The molecule has 2 unspecified atom stereocenters. The average Bonchev–Trinajstić information content (AvgIpc) is 3.71. The number of amides is 1. The number of methoxy groups -OCH3 is 1. The highest BCUT2D eigenvalue weighted by molar-refractivity contribution is 7.22. The molecule has 0 saturated carbocycles. The highest BCUT2D eigenvalue weighted by Gasteiger charge is 2.48. The third-order valence-corrected chi connectivity index (χ3v) is 9.15. The number of nitrogens with zero attached hydrogens (tertiary/aromatic N) is 2. The number of carbonyl (C=O) groups is 2. The molecule has 5 aromatic rings. The summed E-state index contributed by atoms with van der Waals surface area (Å²) in [6, 6.07) is 24.5. The fourth-order valence-corrected chi connectivity index (χ4v) is 7.04.